The smallest absolute Gasteiger partial charge is 0.328 e. The summed E-state index contributed by atoms with van der Waals surface area (Å²) >= 11 is 0. The monoisotopic (exact) mass is 707 g/mol. The van der Waals surface area contributed by atoms with Crippen LogP contribution in [0.2, 0.25) is 0 Å². The fourth-order valence-corrected chi connectivity index (χ4v) is 8.47. The number of nitrogens with one attached hydrogen (secondary N) is 3. The highest BCUT2D eigenvalue weighted by atomic mass is 19.3. The van der Waals surface area contributed by atoms with Crippen LogP contribution in [0.3, 0.4) is 0 Å². The number of imide groups is 1. The predicted octanol–water partition coefficient (Wildman–Crippen LogP) is 4.00. The minimum Gasteiger partial charge on any atom is -0.339 e. The van der Waals surface area contributed by atoms with Crippen molar-refractivity contribution in [1.29, 1.82) is 0 Å². The molecule has 270 valence electrons. The number of H-pyrrole nitrogens is 1. The van der Waals surface area contributed by atoms with Crippen molar-refractivity contribution in [2.45, 2.75) is 63.8 Å². The van der Waals surface area contributed by atoms with Gasteiger partial charge in [0, 0.05) is 86.5 Å². The summed E-state index contributed by atoms with van der Waals surface area (Å²) in [5, 5.41) is 16.5. The van der Waals surface area contributed by atoms with Gasteiger partial charge in [0.1, 0.15) is 5.82 Å². The summed E-state index contributed by atoms with van der Waals surface area (Å²) in [5.74, 6) is -4.75. The standard InChI is InChI=1S/C35H40F3N9O4/c1-34-16-26-24(15-28(34)35(34,37)38)30(43-42-26)31(49)40-22-17-39-47(19-22)23-6-9-44(10-7-23)18-20-4-11-45(12-5-20)32(50)21-2-3-25(36)27(14-21)46-13-8-29(48)41-33(46)51/h2-3,14,17,19-20,23,28H,4-13,15-16,18H2,1H3,(H,40,49)(H,42,43)(H,41,48,51)/t28-,34+/m0/s1. The number of piperidine rings is 2. The van der Waals surface area contributed by atoms with Crippen LogP contribution in [0.4, 0.5) is 29.3 Å². The van der Waals surface area contributed by atoms with E-state index in [4.69, 9.17) is 0 Å². The molecule has 8 rings (SSSR count). The Kier molecular flexibility index (Phi) is 8.19. The van der Waals surface area contributed by atoms with Gasteiger partial charge in [-0.3, -0.25) is 34.4 Å². The van der Waals surface area contributed by atoms with Crippen molar-refractivity contribution in [2.24, 2.45) is 17.3 Å². The van der Waals surface area contributed by atoms with E-state index in [1.807, 2.05) is 10.9 Å². The third-order valence-corrected chi connectivity index (χ3v) is 11.8. The lowest BCUT2D eigenvalue weighted by Crippen LogP contribution is -2.50. The van der Waals surface area contributed by atoms with Gasteiger partial charge in [0.15, 0.2) is 5.69 Å². The van der Waals surface area contributed by atoms with E-state index in [0.29, 0.717) is 41.5 Å². The minimum atomic E-state index is -2.73. The van der Waals surface area contributed by atoms with Crippen LogP contribution in [0, 0.1) is 23.1 Å². The Hall–Kier alpha value is -4.73. The zero-order valence-corrected chi connectivity index (χ0v) is 28.3. The number of rotatable bonds is 7. The molecule has 2 aliphatic carbocycles. The SMILES string of the molecule is C[C@@]12Cc3[nH]nc(C(=O)Nc4cnn(C5CCN(CC6CCN(C(=O)c7ccc(F)c(N8CCC(=O)NC8=O)c7)CC6)CC5)c4)c3C[C@@H]1C2(F)F. The highest BCUT2D eigenvalue weighted by Gasteiger charge is 2.78. The van der Waals surface area contributed by atoms with Crippen LogP contribution in [0.15, 0.2) is 30.6 Å². The third-order valence-electron chi connectivity index (χ3n) is 11.8. The van der Waals surface area contributed by atoms with E-state index < -0.39 is 40.9 Å². The highest BCUT2D eigenvalue weighted by molar-refractivity contribution is 6.06. The molecule has 5 heterocycles. The summed E-state index contributed by atoms with van der Waals surface area (Å²) < 4.78 is 45.1. The van der Waals surface area contributed by atoms with Gasteiger partial charge in [-0.1, -0.05) is 6.92 Å². The molecule has 1 aromatic carbocycles. The number of likely N-dealkylation sites (tertiary alicyclic amines) is 2. The number of amides is 5. The van der Waals surface area contributed by atoms with E-state index in [1.165, 1.54) is 18.2 Å². The largest absolute Gasteiger partial charge is 0.339 e. The second-order valence-electron chi connectivity index (χ2n) is 14.9. The first-order valence-electron chi connectivity index (χ1n) is 17.6. The molecule has 3 saturated heterocycles. The van der Waals surface area contributed by atoms with Crippen molar-refractivity contribution < 1.29 is 32.3 Å². The van der Waals surface area contributed by atoms with Crippen LogP contribution in [-0.4, -0.2) is 98.7 Å². The Balaban J connectivity index is 0.795. The summed E-state index contributed by atoms with van der Waals surface area (Å²) in [7, 11) is 0. The van der Waals surface area contributed by atoms with Crippen LogP contribution >= 0.6 is 0 Å². The van der Waals surface area contributed by atoms with Gasteiger partial charge in [0.25, 0.3) is 17.7 Å². The van der Waals surface area contributed by atoms with Crippen LogP contribution in [0.25, 0.3) is 0 Å². The second-order valence-corrected chi connectivity index (χ2v) is 14.9. The number of aromatic amines is 1. The molecule has 3 N–H and O–H groups in total. The molecule has 13 nitrogen and oxygen atoms in total. The normalized spacial score (nSPS) is 25.3. The number of anilines is 2. The molecule has 0 bridgehead atoms. The molecular formula is C35H40F3N9O4. The molecule has 0 spiro atoms. The minimum absolute atomic E-state index is 0.0187. The van der Waals surface area contributed by atoms with Crippen molar-refractivity contribution >= 4 is 35.1 Å². The van der Waals surface area contributed by atoms with E-state index >= 15 is 0 Å². The molecule has 3 aromatic rings. The van der Waals surface area contributed by atoms with Gasteiger partial charge in [-0.05, 0) is 56.2 Å². The van der Waals surface area contributed by atoms with Gasteiger partial charge in [-0.25, -0.2) is 18.0 Å². The van der Waals surface area contributed by atoms with E-state index in [-0.39, 0.29) is 49.1 Å². The van der Waals surface area contributed by atoms with Crippen LogP contribution < -0.4 is 15.5 Å². The van der Waals surface area contributed by atoms with Crippen LogP contribution in [0.1, 0.15) is 77.2 Å². The van der Waals surface area contributed by atoms with Crippen LogP contribution in [0.5, 0.6) is 0 Å². The maximum Gasteiger partial charge on any atom is 0.328 e. The highest BCUT2D eigenvalue weighted by Crippen LogP contribution is 2.70. The van der Waals surface area contributed by atoms with Gasteiger partial charge in [-0.15, -0.1) is 0 Å². The average molecular weight is 708 g/mol. The summed E-state index contributed by atoms with van der Waals surface area (Å²) in [6, 6.07) is 3.48. The fraction of sp³-hybridized carbons (Fsp3) is 0.543. The van der Waals surface area contributed by atoms with Gasteiger partial charge in [-0.2, -0.15) is 10.2 Å². The average Bonchev–Trinajstić information content (AvgIpc) is 3.53. The summed E-state index contributed by atoms with van der Waals surface area (Å²) in [6.45, 7) is 5.52. The zero-order valence-electron chi connectivity index (χ0n) is 28.3. The molecule has 5 amide bonds. The first-order valence-corrected chi connectivity index (χ1v) is 17.6. The molecule has 51 heavy (non-hydrogen) atoms. The van der Waals surface area contributed by atoms with Gasteiger partial charge in [0.05, 0.1) is 23.6 Å². The number of alkyl halides is 2. The maximum absolute atomic E-state index is 14.6. The van der Waals surface area contributed by atoms with Crippen molar-refractivity contribution in [3.8, 4) is 0 Å². The molecule has 16 heteroatoms. The molecule has 4 fully saturated rings. The van der Waals surface area contributed by atoms with E-state index in [2.05, 4.69) is 30.8 Å². The molecule has 2 atom stereocenters. The molecule has 0 unspecified atom stereocenters. The number of aromatic nitrogens is 4. The number of hydrogen-bond donors (Lipinski definition) is 3. The van der Waals surface area contributed by atoms with E-state index in [9.17, 15) is 32.3 Å². The number of urea groups is 1. The van der Waals surface area contributed by atoms with Gasteiger partial charge >= 0.3 is 6.03 Å². The molecule has 1 saturated carbocycles. The maximum atomic E-state index is 14.6. The van der Waals surface area contributed by atoms with E-state index in [0.717, 1.165) is 50.2 Å². The first kappa shape index (κ1) is 33.4. The molecule has 0 radical (unpaired) electrons. The second kappa shape index (κ2) is 12.5. The van der Waals surface area contributed by atoms with Crippen LogP contribution in [-0.2, 0) is 17.6 Å². The summed E-state index contributed by atoms with van der Waals surface area (Å²) in [6.07, 6.45) is 7.27. The zero-order chi connectivity index (χ0) is 35.7. The molecular weight excluding hydrogens is 667 g/mol. The third kappa shape index (κ3) is 5.96. The quantitative estimate of drug-likeness (QED) is 0.336. The Morgan fingerprint density at radius 3 is 2.57 bits per heavy atom. The Morgan fingerprint density at radius 1 is 1.06 bits per heavy atom. The van der Waals surface area contributed by atoms with E-state index in [1.54, 1.807) is 18.0 Å². The van der Waals surface area contributed by atoms with Gasteiger partial charge < -0.3 is 15.1 Å². The molecule has 2 aromatic heterocycles. The summed E-state index contributed by atoms with van der Waals surface area (Å²) in [5.41, 5.74) is 1.11. The lowest BCUT2D eigenvalue weighted by Gasteiger charge is -2.37. The Bertz CT molecular complexity index is 1900. The molecule has 3 aliphatic heterocycles. The Labute approximate surface area is 291 Å². The summed E-state index contributed by atoms with van der Waals surface area (Å²) in [4.78, 5) is 55.5. The number of fused-ring (bicyclic) bond motifs is 2. The molecule has 5 aliphatic rings. The number of nitrogens with zero attached hydrogens (tertiary/aromatic N) is 6. The topological polar surface area (TPSA) is 149 Å². The van der Waals surface area contributed by atoms with Crippen molar-refractivity contribution in [3.63, 3.8) is 0 Å². The number of carbonyl (C=O) groups is 4. The fourth-order valence-electron chi connectivity index (χ4n) is 8.47. The van der Waals surface area contributed by atoms with Crippen molar-refractivity contribution in [1.82, 2.24) is 35.1 Å². The van der Waals surface area contributed by atoms with Crippen molar-refractivity contribution in [3.05, 3.63) is 58.9 Å². The number of halogens is 3. The number of benzene rings is 1. The Morgan fingerprint density at radius 2 is 1.82 bits per heavy atom. The predicted molar refractivity (Wildman–Crippen MR) is 178 cm³/mol. The van der Waals surface area contributed by atoms with Gasteiger partial charge in [0.2, 0.25) is 5.91 Å². The first-order chi connectivity index (χ1) is 24.4. The number of hydrogen-bond acceptors (Lipinski definition) is 7. The lowest BCUT2D eigenvalue weighted by atomic mass is 9.87. The number of carbonyl (C=O) groups excluding carboxylic acids is 4. The lowest BCUT2D eigenvalue weighted by molar-refractivity contribution is -0.120. The van der Waals surface area contributed by atoms with Crippen molar-refractivity contribution in [2.75, 3.05) is 49.5 Å².